The fourth-order valence-electron chi connectivity index (χ4n) is 2.70. The van der Waals surface area contributed by atoms with E-state index in [9.17, 15) is 4.79 Å². The van der Waals surface area contributed by atoms with Crippen molar-refractivity contribution < 1.29 is 9.53 Å². The number of pyridine rings is 1. The van der Waals surface area contributed by atoms with Crippen LogP contribution in [-0.4, -0.2) is 17.6 Å². The second kappa shape index (κ2) is 5.95. The summed E-state index contributed by atoms with van der Waals surface area (Å²) in [6, 6.07) is 12.3. The third kappa shape index (κ3) is 2.89. The zero-order chi connectivity index (χ0) is 14.7. The molecule has 1 atom stereocenters. The average Bonchev–Trinajstić information content (AvgIpc) is 2.92. The molecule has 4 nitrogen and oxygen atoms in total. The fraction of sp³-hybridized carbons (Fsp3) is 0.294. The van der Waals surface area contributed by atoms with E-state index in [-0.39, 0.29) is 5.97 Å². The minimum atomic E-state index is -0.331. The molecule has 0 aliphatic heterocycles. The number of aryl methyl sites for hydroxylation is 1. The fourth-order valence-corrected chi connectivity index (χ4v) is 2.70. The van der Waals surface area contributed by atoms with Gasteiger partial charge in [0.15, 0.2) is 0 Å². The van der Waals surface area contributed by atoms with E-state index in [1.807, 2.05) is 6.07 Å². The lowest BCUT2D eigenvalue weighted by atomic mass is 10.1. The number of nitrogens with one attached hydrogen (secondary N) is 1. The Hall–Kier alpha value is -2.36. The quantitative estimate of drug-likeness (QED) is 0.874. The van der Waals surface area contributed by atoms with Crippen molar-refractivity contribution in [3.63, 3.8) is 0 Å². The maximum atomic E-state index is 11.6. The van der Waals surface area contributed by atoms with Crippen LogP contribution in [0.4, 0.5) is 5.82 Å². The van der Waals surface area contributed by atoms with Crippen LogP contribution < -0.4 is 5.32 Å². The molecule has 0 amide bonds. The summed E-state index contributed by atoms with van der Waals surface area (Å²) in [6.45, 7) is 2.16. The van der Waals surface area contributed by atoms with Crippen molar-refractivity contribution >= 4 is 11.8 Å². The summed E-state index contributed by atoms with van der Waals surface area (Å²) in [5.41, 5.74) is 3.22. The number of esters is 1. The van der Waals surface area contributed by atoms with Gasteiger partial charge in [0.25, 0.3) is 0 Å². The molecule has 0 spiro atoms. The van der Waals surface area contributed by atoms with Gasteiger partial charge in [0.05, 0.1) is 18.2 Å². The molecule has 0 fully saturated rings. The number of ether oxygens (including phenoxy) is 1. The highest BCUT2D eigenvalue weighted by Gasteiger charge is 2.21. The molecule has 1 aliphatic rings. The number of rotatable bonds is 4. The molecular weight excluding hydrogens is 264 g/mol. The van der Waals surface area contributed by atoms with Crippen LogP contribution >= 0.6 is 0 Å². The SMILES string of the molecule is CCOC(=O)c1ccc(NC2CCc3ccccc32)nc1. The topological polar surface area (TPSA) is 51.2 Å². The summed E-state index contributed by atoms with van der Waals surface area (Å²) in [4.78, 5) is 15.9. The van der Waals surface area contributed by atoms with Crippen LogP contribution in [0.5, 0.6) is 0 Å². The number of hydrogen-bond donors (Lipinski definition) is 1. The van der Waals surface area contributed by atoms with Gasteiger partial charge >= 0.3 is 5.97 Å². The van der Waals surface area contributed by atoms with E-state index in [2.05, 4.69) is 34.6 Å². The predicted molar refractivity (Wildman–Crippen MR) is 81.3 cm³/mol. The summed E-state index contributed by atoms with van der Waals surface area (Å²) in [7, 11) is 0. The van der Waals surface area contributed by atoms with Gasteiger partial charge in [-0.25, -0.2) is 9.78 Å². The number of carbonyl (C=O) groups excluding carboxylic acids is 1. The van der Waals surface area contributed by atoms with Crippen molar-refractivity contribution in [3.8, 4) is 0 Å². The molecule has 1 unspecified atom stereocenters. The molecule has 1 N–H and O–H groups in total. The molecule has 1 aromatic heterocycles. The predicted octanol–water partition coefficient (Wildman–Crippen LogP) is 3.36. The van der Waals surface area contributed by atoms with Gasteiger partial charge in [0, 0.05) is 6.20 Å². The van der Waals surface area contributed by atoms with Gasteiger partial charge in [-0.2, -0.15) is 0 Å². The summed E-state index contributed by atoms with van der Waals surface area (Å²) in [6.07, 6.45) is 3.72. The molecule has 0 saturated heterocycles. The van der Waals surface area contributed by atoms with Gasteiger partial charge in [-0.15, -0.1) is 0 Å². The highest BCUT2D eigenvalue weighted by molar-refractivity contribution is 5.89. The number of anilines is 1. The highest BCUT2D eigenvalue weighted by atomic mass is 16.5. The first-order chi connectivity index (χ1) is 10.3. The van der Waals surface area contributed by atoms with E-state index in [1.54, 1.807) is 19.2 Å². The molecule has 21 heavy (non-hydrogen) atoms. The first-order valence-corrected chi connectivity index (χ1v) is 7.25. The standard InChI is InChI=1S/C17H18N2O2/c1-2-21-17(20)13-8-10-16(18-11-13)19-15-9-7-12-5-3-4-6-14(12)15/h3-6,8,10-11,15H,2,7,9H2,1H3,(H,18,19). The average molecular weight is 282 g/mol. The van der Waals surface area contributed by atoms with E-state index in [0.29, 0.717) is 18.2 Å². The van der Waals surface area contributed by atoms with Crippen LogP contribution in [0.1, 0.15) is 40.9 Å². The van der Waals surface area contributed by atoms with E-state index in [0.717, 1.165) is 18.7 Å². The summed E-state index contributed by atoms with van der Waals surface area (Å²) in [5.74, 6) is 0.451. The summed E-state index contributed by atoms with van der Waals surface area (Å²) < 4.78 is 4.95. The van der Waals surface area contributed by atoms with Crippen molar-refractivity contribution in [1.82, 2.24) is 4.98 Å². The lowest BCUT2D eigenvalue weighted by Gasteiger charge is -2.14. The Bertz CT molecular complexity index is 637. The summed E-state index contributed by atoms with van der Waals surface area (Å²) in [5, 5.41) is 3.43. The minimum Gasteiger partial charge on any atom is -0.462 e. The number of benzene rings is 1. The maximum absolute atomic E-state index is 11.6. The largest absolute Gasteiger partial charge is 0.462 e. The molecule has 108 valence electrons. The van der Waals surface area contributed by atoms with Crippen LogP contribution in [0.3, 0.4) is 0 Å². The molecule has 3 rings (SSSR count). The maximum Gasteiger partial charge on any atom is 0.339 e. The molecule has 4 heteroatoms. The van der Waals surface area contributed by atoms with Crippen LogP contribution in [0.25, 0.3) is 0 Å². The monoisotopic (exact) mass is 282 g/mol. The molecule has 0 saturated carbocycles. The first-order valence-electron chi connectivity index (χ1n) is 7.25. The van der Waals surface area contributed by atoms with E-state index >= 15 is 0 Å². The van der Waals surface area contributed by atoms with Crippen molar-refractivity contribution in [2.24, 2.45) is 0 Å². The van der Waals surface area contributed by atoms with Gasteiger partial charge in [-0.1, -0.05) is 24.3 Å². The number of aromatic nitrogens is 1. The zero-order valence-corrected chi connectivity index (χ0v) is 12.0. The second-order valence-corrected chi connectivity index (χ2v) is 5.09. The lowest BCUT2D eigenvalue weighted by Crippen LogP contribution is -2.09. The van der Waals surface area contributed by atoms with E-state index in [1.165, 1.54) is 11.1 Å². The Morgan fingerprint density at radius 1 is 1.33 bits per heavy atom. The zero-order valence-electron chi connectivity index (χ0n) is 12.0. The van der Waals surface area contributed by atoms with Crippen LogP contribution in [-0.2, 0) is 11.2 Å². The number of fused-ring (bicyclic) bond motifs is 1. The van der Waals surface area contributed by atoms with Gasteiger partial charge < -0.3 is 10.1 Å². The molecule has 2 aromatic rings. The van der Waals surface area contributed by atoms with Crippen molar-refractivity contribution in [3.05, 3.63) is 59.3 Å². The van der Waals surface area contributed by atoms with Gasteiger partial charge in [-0.05, 0) is 43.0 Å². The molecule has 0 bridgehead atoms. The summed E-state index contributed by atoms with van der Waals surface area (Å²) >= 11 is 0. The first kappa shape index (κ1) is 13.6. The Morgan fingerprint density at radius 2 is 2.19 bits per heavy atom. The molecule has 1 heterocycles. The number of hydrogen-bond acceptors (Lipinski definition) is 4. The van der Waals surface area contributed by atoms with Crippen molar-refractivity contribution in [2.75, 3.05) is 11.9 Å². The molecule has 1 aromatic carbocycles. The van der Waals surface area contributed by atoms with Crippen molar-refractivity contribution in [1.29, 1.82) is 0 Å². The molecule has 1 aliphatic carbocycles. The smallest absolute Gasteiger partial charge is 0.339 e. The third-order valence-corrected chi connectivity index (χ3v) is 3.73. The number of carbonyl (C=O) groups is 1. The van der Waals surface area contributed by atoms with Crippen LogP contribution in [0.15, 0.2) is 42.6 Å². The lowest BCUT2D eigenvalue weighted by molar-refractivity contribution is 0.0526. The van der Waals surface area contributed by atoms with Crippen LogP contribution in [0.2, 0.25) is 0 Å². The minimum absolute atomic E-state index is 0.294. The van der Waals surface area contributed by atoms with Crippen molar-refractivity contribution in [2.45, 2.75) is 25.8 Å². The Morgan fingerprint density at radius 3 is 2.95 bits per heavy atom. The van der Waals surface area contributed by atoms with E-state index < -0.39 is 0 Å². The number of nitrogens with zero attached hydrogens (tertiary/aromatic N) is 1. The highest BCUT2D eigenvalue weighted by Crippen LogP contribution is 2.33. The Kier molecular flexibility index (Phi) is 3.86. The van der Waals surface area contributed by atoms with Crippen LogP contribution in [0, 0.1) is 0 Å². The Labute approximate surface area is 124 Å². The molecular formula is C17H18N2O2. The van der Waals surface area contributed by atoms with Gasteiger partial charge in [0.2, 0.25) is 0 Å². The normalized spacial score (nSPS) is 16.3. The van der Waals surface area contributed by atoms with Gasteiger partial charge in [0.1, 0.15) is 5.82 Å². The van der Waals surface area contributed by atoms with Gasteiger partial charge in [-0.3, -0.25) is 0 Å². The van der Waals surface area contributed by atoms with E-state index in [4.69, 9.17) is 4.74 Å². The Balaban J connectivity index is 1.71. The second-order valence-electron chi connectivity index (χ2n) is 5.09. The third-order valence-electron chi connectivity index (χ3n) is 3.73. The molecule has 0 radical (unpaired) electrons.